The van der Waals surface area contributed by atoms with Gasteiger partial charge in [0.05, 0.1) is 6.21 Å². The normalized spacial score (nSPS) is 12.5. The second kappa shape index (κ2) is 6.14. The van der Waals surface area contributed by atoms with Gasteiger partial charge in [-0.1, -0.05) is 6.92 Å². The molecule has 1 aromatic heterocycles. The number of urea groups is 1. The first-order valence-corrected chi connectivity index (χ1v) is 5.95. The van der Waals surface area contributed by atoms with Crippen LogP contribution < -0.4 is 16.7 Å². The van der Waals surface area contributed by atoms with E-state index in [0.29, 0.717) is 6.42 Å². The Morgan fingerprint density at radius 1 is 1.74 bits per heavy atom. The lowest BCUT2D eigenvalue weighted by Gasteiger charge is -2.16. The van der Waals surface area contributed by atoms with E-state index in [1.54, 1.807) is 0 Å². The second-order valence-corrected chi connectivity index (χ2v) is 4.24. The number of nitrogens with two attached hydrogens (primary N) is 1. The summed E-state index contributed by atoms with van der Waals surface area (Å²) in [6.07, 6.45) is 1.72. The van der Waals surface area contributed by atoms with Crippen LogP contribution in [0.5, 0.6) is 5.88 Å². The van der Waals surface area contributed by atoms with Gasteiger partial charge in [0.25, 0.3) is 5.56 Å². The molecule has 0 radical (unpaired) electrons. The molecule has 0 saturated carbocycles. The van der Waals surface area contributed by atoms with Gasteiger partial charge in [-0.05, 0) is 25.6 Å². The van der Waals surface area contributed by atoms with E-state index in [9.17, 15) is 14.7 Å². The van der Waals surface area contributed by atoms with Crippen LogP contribution in [0.4, 0.5) is 4.79 Å². The summed E-state index contributed by atoms with van der Waals surface area (Å²) >= 11 is 5.00. The number of H-pyrrole nitrogens is 1. The van der Waals surface area contributed by atoms with Crippen molar-refractivity contribution in [2.24, 2.45) is 10.8 Å². The van der Waals surface area contributed by atoms with Crippen LogP contribution in [-0.2, 0) is 0 Å². The molecule has 1 rings (SSSR count). The molecule has 1 aromatic rings. The number of nitrogens with one attached hydrogen (secondary N) is 2. The Morgan fingerprint density at radius 2 is 2.37 bits per heavy atom. The fourth-order valence-electron chi connectivity index (χ4n) is 1.42. The van der Waals surface area contributed by atoms with Gasteiger partial charge >= 0.3 is 6.03 Å². The van der Waals surface area contributed by atoms with E-state index in [2.05, 4.69) is 10.1 Å². The first-order valence-electron chi connectivity index (χ1n) is 5.54. The van der Waals surface area contributed by atoms with Crippen molar-refractivity contribution in [2.75, 3.05) is 0 Å². The van der Waals surface area contributed by atoms with Crippen molar-refractivity contribution in [2.45, 2.75) is 26.3 Å². The highest BCUT2D eigenvalue weighted by Gasteiger charge is 2.14. The van der Waals surface area contributed by atoms with Gasteiger partial charge in [0.15, 0.2) is 4.77 Å². The van der Waals surface area contributed by atoms with E-state index in [1.165, 1.54) is 4.57 Å². The number of hydrazone groups is 1. The van der Waals surface area contributed by atoms with Crippen molar-refractivity contribution in [3.8, 4) is 5.88 Å². The van der Waals surface area contributed by atoms with Crippen molar-refractivity contribution < 1.29 is 9.90 Å². The summed E-state index contributed by atoms with van der Waals surface area (Å²) in [4.78, 5) is 24.6. The molecular weight excluding hydrogens is 270 g/mol. The number of aromatic hydroxyl groups is 1. The number of amides is 2. The summed E-state index contributed by atoms with van der Waals surface area (Å²) in [5.41, 5.74) is 6.05. The molecule has 1 heterocycles. The van der Waals surface area contributed by atoms with Gasteiger partial charge in [-0.25, -0.2) is 10.2 Å². The zero-order chi connectivity index (χ0) is 14.6. The number of hydrogen-bond donors (Lipinski definition) is 4. The second-order valence-electron chi connectivity index (χ2n) is 3.86. The minimum Gasteiger partial charge on any atom is -0.494 e. The molecule has 2 amide bonds. The lowest BCUT2D eigenvalue weighted by Crippen LogP contribution is -2.25. The van der Waals surface area contributed by atoms with Crippen LogP contribution >= 0.6 is 12.2 Å². The zero-order valence-corrected chi connectivity index (χ0v) is 11.3. The van der Waals surface area contributed by atoms with Crippen LogP contribution in [0.1, 0.15) is 31.9 Å². The van der Waals surface area contributed by atoms with E-state index >= 15 is 0 Å². The quantitative estimate of drug-likeness (QED) is 0.367. The minimum atomic E-state index is -0.873. The van der Waals surface area contributed by atoms with Crippen LogP contribution in [0.3, 0.4) is 0 Å². The molecular formula is C10H15N5O3S. The molecule has 1 atom stereocenters. The predicted octanol–water partition coefficient (Wildman–Crippen LogP) is 0.585. The maximum atomic E-state index is 11.7. The van der Waals surface area contributed by atoms with Crippen LogP contribution in [0.25, 0.3) is 0 Å². The number of rotatable bonds is 4. The Hall–Kier alpha value is -2.16. The lowest BCUT2D eigenvalue weighted by atomic mass is 10.2. The number of carbonyl (C=O) groups is 1. The highest BCUT2D eigenvalue weighted by Crippen LogP contribution is 2.19. The molecule has 104 valence electrons. The van der Waals surface area contributed by atoms with Crippen LogP contribution in [0, 0.1) is 4.77 Å². The van der Waals surface area contributed by atoms with E-state index < -0.39 is 11.6 Å². The summed E-state index contributed by atoms with van der Waals surface area (Å²) in [6.45, 7) is 3.76. The highest BCUT2D eigenvalue weighted by molar-refractivity contribution is 7.71. The summed E-state index contributed by atoms with van der Waals surface area (Å²) in [6, 6.07) is -0.970. The third kappa shape index (κ3) is 3.41. The molecule has 0 aliphatic rings. The maximum Gasteiger partial charge on any atom is 0.332 e. The molecule has 0 saturated heterocycles. The first kappa shape index (κ1) is 14.9. The maximum absolute atomic E-state index is 11.7. The van der Waals surface area contributed by atoms with Gasteiger partial charge in [0.1, 0.15) is 5.56 Å². The Balaban J connectivity index is 3.33. The van der Waals surface area contributed by atoms with Crippen LogP contribution in [0.2, 0.25) is 0 Å². The number of primary amides is 1. The van der Waals surface area contributed by atoms with Crippen molar-refractivity contribution in [3.63, 3.8) is 0 Å². The molecule has 5 N–H and O–H groups in total. The predicted molar refractivity (Wildman–Crippen MR) is 72.9 cm³/mol. The van der Waals surface area contributed by atoms with Crippen molar-refractivity contribution >= 4 is 24.5 Å². The summed E-state index contributed by atoms with van der Waals surface area (Å²) in [5.74, 6) is -0.307. The first-order chi connectivity index (χ1) is 8.88. The van der Waals surface area contributed by atoms with Crippen molar-refractivity contribution in [1.29, 1.82) is 0 Å². The smallest absolute Gasteiger partial charge is 0.332 e. The number of carbonyl (C=O) groups excluding carboxylic acids is 1. The Kier molecular flexibility index (Phi) is 4.81. The van der Waals surface area contributed by atoms with Gasteiger partial charge in [0, 0.05) is 6.04 Å². The molecule has 0 aromatic carbocycles. The van der Waals surface area contributed by atoms with E-state index in [-0.39, 0.29) is 22.3 Å². The molecule has 0 bridgehead atoms. The molecule has 0 aliphatic carbocycles. The average Bonchev–Trinajstić information content (AvgIpc) is 2.32. The van der Waals surface area contributed by atoms with Crippen molar-refractivity contribution in [3.05, 3.63) is 20.7 Å². The number of hydrogen-bond acceptors (Lipinski definition) is 5. The largest absolute Gasteiger partial charge is 0.494 e. The van der Waals surface area contributed by atoms with Crippen LogP contribution in [-0.4, -0.2) is 26.9 Å². The van der Waals surface area contributed by atoms with Gasteiger partial charge in [-0.15, -0.1) is 0 Å². The fourth-order valence-corrected chi connectivity index (χ4v) is 1.78. The summed E-state index contributed by atoms with van der Waals surface area (Å²) < 4.78 is 1.53. The number of aromatic nitrogens is 2. The highest BCUT2D eigenvalue weighted by atomic mass is 32.1. The third-order valence-corrected chi connectivity index (χ3v) is 2.85. The Bertz CT molecular complexity index is 619. The van der Waals surface area contributed by atoms with Gasteiger partial charge in [-0.2, -0.15) is 5.10 Å². The van der Waals surface area contributed by atoms with Gasteiger partial charge in [-0.3, -0.25) is 14.3 Å². The topological polar surface area (TPSA) is 125 Å². The Labute approximate surface area is 114 Å². The number of nitrogens with zero attached hydrogens (tertiary/aromatic N) is 2. The molecule has 1 unspecified atom stereocenters. The molecule has 9 heteroatoms. The molecule has 8 nitrogen and oxygen atoms in total. The summed E-state index contributed by atoms with van der Waals surface area (Å²) in [7, 11) is 0. The monoisotopic (exact) mass is 285 g/mol. The number of aromatic amines is 1. The average molecular weight is 285 g/mol. The summed E-state index contributed by atoms with van der Waals surface area (Å²) in [5, 5.41) is 13.5. The standard InChI is InChI=1S/C10H15N5O3S/c1-3-5(2)15-8(17)6(4-12-14-9(11)18)7(16)13-10(15)19/h4-5,17H,3H2,1-2H3,(H3,11,14,18)(H,13,16,19). The van der Waals surface area contributed by atoms with E-state index in [0.717, 1.165) is 6.21 Å². The molecule has 0 fully saturated rings. The van der Waals surface area contributed by atoms with Gasteiger partial charge in [0.2, 0.25) is 5.88 Å². The molecule has 0 spiro atoms. The SMILES string of the molecule is CCC(C)n1c(O)c(C=NNC(N)=O)c(=O)[nH]c1=S. The van der Waals surface area contributed by atoms with E-state index in [1.807, 2.05) is 19.3 Å². The Morgan fingerprint density at radius 3 is 2.89 bits per heavy atom. The minimum absolute atomic E-state index is 0.0967. The van der Waals surface area contributed by atoms with E-state index in [4.69, 9.17) is 18.0 Å². The van der Waals surface area contributed by atoms with Crippen molar-refractivity contribution in [1.82, 2.24) is 15.0 Å². The lowest BCUT2D eigenvalue weighted by molar-refractivity contribution is 0.249. The van der Waals surface area contributed by atoms with Gasteiger partial charge < -0.3 is 10.8 Å². The fraction of sp³-hybridized carbons (Fsp3) is 0.400. The molecule has 19 heavy (non-hydrogen) atoms. The molecule has 0 aliphatic heterocycles. The third-order valence-electron chi connectivity index (χ3n) is 2.55. The van der Waals surface area contributed by atoms with Crippen LogP contribution in [0.15, 0.2) is 9.90 Å². The zero-order valence-electron chi connectivity index (χ0n) is 10.5.